The van der Waals surface area contributed by atoms with Crippen LogP contribution in [0.5, 0.6) is 0 Å². The molecule has 2 heterocycles. The summed E-state index contributed by atoms with van der Waals surface area (Å²) in [6.45, 7) is 0. The Bertz CT molecular complexity index is 971. The van der Waals surface area contributed by atoms with Crippen molar-refractivity contribution in [1.82, 2.24) is 9.55 Å². The molecule has 2 N–H and O–H groups in total. The molecule has 0 spiro atoms. The first kappa shape index (κ1) is 15.8. The molecule has 1 atom stereocenters. The van der Waals surface area contributed by atoms with Crippen molar-refractivity contribution in [3.63, 3.8) is 0 Å². The van der Waals surface area contributed by atoms with Gasteiger partial charge in [-0.05, 0) is 35.9 Å². The van der Waals surface area contributed by atoms with Gasteiger partial charge in [0.1, 0.15) is 6.10 Å². The van der Waals surface area contributed by atoms with Gasteiger partial charge in [0.05, 0.1) is 0 Å². The minimum atomic E-state index is -0.726. The Hall–Kier alpha value is -2.75. The second kappa shape index (κ2) is 6.63. The molecule has 4 rings (SSSR count). The van der Waals surface area contributed by atoms with E-state index in [-0.39, 0.29) is 0 Å². The van der Waals surface area contributed by atoms with Crippen LogP contribution in [-0.4, -0.2) is 14.7 Å². The SMILES string of the molecule is OC(c1ccc(-n2cccc2)cc1)c1c[nH]cc1-c1ccccc1Cl. The quantitative estimate of drug-likeness (QED) is 0.522. The van der Waals surface area contributed by atoms with Crippen molar-refractivity contribution < 1.29 is 5.11 Å². The average molecular weight is 349 g/mol. The Labute approximate surface area is 151 Å². The fraction of sp³-hybridized carbons (Fsp3) is 0.0476. The molecule has 0 amide bonds. The van der Waals surface area contributed by atoms with Crippen LogP contribution in [0.3, 0.4) is 0 Å². The van der Waals surface area contributed by atoms with Crippen LogP contribution in [0, 0.1) is 0 Å². The molecule has 0 radical (unpaired) electrons. The summed E-state index contributed by atoms with van der Waals surface area (Å²) in [5.74, 6) is 0. The zero-order valence-electron chi connectivity index (χ0n) is 13.4. The number of aliphatic hydroxyl groups excluding tert-OH is 1. The first-order valence-corrected chi connectivity index (χ1v) is 8.45. The van der Waals surface area contributed by atoms with Crippen LogP contribution in [-0.2, 0) is 0 Å². The summed E-state index contributed by atoms with van der Waals surface area (Å²) in [4.78, 5) is 3.09. The number of aromatic amines is 1. The van der Waals surface area contributed by atoms with Gasteiger partial charge in [0.25, 0.3) is 0 Å². The molecular formula is C21H17ClN2O. The molecule has 0 aliphatic carbocycles. The molecule has 0 bridgehead atoms. The van der Waals surface area contributed by atoms with Gasteiger partial charge in [-0.1, -0.05) is 41.9 Å². The van der Waals surface area contributed by atoms with Crippen molar-refractivity contribution in [2.24, 2.45) is 0 Å². The van der Waals surface area contributed by atoms with Crippen molar-refractivity contribution in [1.29, 1.82) is 0 Å². The Morgan fingerprint density at radius 2 is 1.56 bits per heavy atom. The third-order valence-corrected chi connectivity index (χ3v) is 4.68. The zero-order chi connectivity index (χ0) is 17.2. The molecule has 2 aromatic carbocycles. The van der Waals surface area contributed by atoms with E-state index in [0.29, 0.717) is 5.02 Å². The summed E-state index contributed by atoms with van der Waals surface area (Å²) in [6.07, 6.45) is 6.95. The molecule has 3 nitrogen and oxygen atoms in total. The third kappa shape index (κ3) is 3.00. The molecule has 2 aromatic heterocycles. The predicted octanol–water partition coefficient (Wildman–Crippen LogP) is 5.21. The standard InChI is InChI=1S/C21H17ClN2O/c22-20-6-2-1-5-17(20)18-13-23-14-19(18)21(25)15-7-9-16(10-8-15)24-11-3-4-12-24/h1-14,21,23,25H. The van der Waals surface area contributed by atoms with Gasteiger partial charge in [-0.25, -0.2) is 0 Å². The van der Waals surface area contributed by atoms with E-state index in [1.807, 2.05) is 90.0 Å². The van der Waals surface area contributed by atoms with Crippen LogP contribution in [0.2, 0.25) is 5.02 Å². The fourth-order valence-electron chi connectivity index (χ4n) is 3.03. The smallest absolute Gasteiger partial charge is 0.106 e. The van der Waals surface area contributed by atoms with E-state index in [4.69, 9.17) is 11.6 Å². The summed E-state index contributed by atoms with van der Waals surface area (Å²) < 4.78 is 2.03. The molecule has 0 saturated heterocycles. The number of nitrogens with zero attached hydrogens (tertiary/aromatic N) is 1. The summed E-state index contributed by atoms with van der Waals surface area (Å²) in [6, 6.07) is 19.5. The minimum Gasteiger partial charge on any atom is -0.384 e. The Balaban J connectivity index is 1.67. The number of rotatable bonds is 4. The number of benzene rings is 2. The van der Waals surface area contributed by atoms with Gasteiger partial charge in [-0.3, -0.25) is 0 Å². The number of hydrogen-bond donors (Lipinski definition) is 2. The van der Waals surface area contributed by atoms with Crippen LogP contribution in [0.4, 0.5) is 0 Å². The maximum absolute atomic E-state index is 10.9. The van der Waals surface area contributed by atoms with Gasteiger partial charge in [0.2, 0.25) is 0 Å². The normalized spacial score (nSPS) is 12.2. The highest BCUT2D eigenvalue weighted by molar-refractivity contribution is 6.33. The van der Waals surface area contributed by atoms with E-state index in [1.54, 1.807) is 0 Å². The summed E-state index contributed by atoms with van der Waals surface area (Å²) in [7, 11) is 0. The van der Waals surface area contributed by atoms with Crippen molar-refractivity contribution in [3.05, 3.63) is 102 Å². The zero-order valence-corrected chi connectivity index (χ0v) is 14.2. The molecular weight excluding hydrogens is 332 g/mol. The lowest BCUT2D eigenvalue weighted by Crippen LogP contribution is -2.01. The molecule has 0 aliphatic heterocycles. The van der Waals surface area contributed by atoms with Crippen molar-refractivity contribution >= 4 is 11.6 Å². The van der Waals surface area contributed by atoms with E-state index in [2.05, 4.69) is 4.98 Å². The predicted molar refractivity (Wildman–Crippen MR) is 101 cm³/mol. The molecule has 25 heavy (non-hydrogen) atoms. The van der Waals surface area contributed by atoms with Crippen LogP contribution in [0.25, 0.3) is 16.8 Å². The fourth-order valence-corrected chi connectivity index (χ4v) is 3.27. The number of nitrogens with one attached hydrogen (secondary N) is 1. The monoisotopic (exact) mass is 348 g/mol. The van der Waals surface area contributed by atoms with E-state index >= 15 is 0 Å². The summed E-state index contributed by atoms with van der Waals surface area (Å²) in [5, 5.41) is 11.5. The van der Waals surface area contributed by atoms with Gasteiger partial charge in [-0.15, -0.1) is 0 Å². The van der Waals surface area contributed by atoms with Gasteiger partial charge >= 0.3 is 0 Å². The second-order valence-corrected chi connectivity index (χ2v) is 6.30. The van der Waals surface area contributed by atoms with Crippen molar-refractivity contribution in [2.45, 2.75) is 6.10 Å². The number of aliphatic hydroxyl groups is 1. The van der Waals surface area contributed by atoms with Crippen LogP contribution >= 0.6 is 11.6 Å². The number of aromatic nitrogens is 2. The second-order valence-electron chi connectivity index (χ2n) is 5.89. The third-order valence-electron chi connectivity index (χ3n) is 4.35. The molecule has 0 saturated carbocycles. The largest absolute Gasteiger partial charge is 0.384 e. The maximum Gasteiger partial charge on any atom is 0.106 e. The molecule has 0 aliphatic rings. The molecule has 124 valence electrons. The van der Waals surface area contributed by atoms with Crippen molar-refractivity contribution in [2.75, 3.05) is 0 Å². The van der Waals surface area contributed by atoms with Crippen LogP contribution < -0.4 is 0 Å². The Morgan fingerprint density at radius 1 is 0.840 bits per heavy atom. The van der Waals surface area contributed by atoms with Crippen molar-refractivity contribution in [3.8, 4) is 16.8 Å². The number of halogens is 1. The van der Waals surface area contributed by atoms with E-state index < -0.39 is 6.10 Å². The topological polar surface area (TPSA) is 41.0 Å². The average Bonchev–Trinajstić information content (AvgIpc) is 3.34. The van der Waals surface area contributed by atoms with Crippen LogP contribution in [0.1, 0.15) is 17.2 Å². The lowest BCUT2D eigenvalue weighted by molar-refractivity contribution is 0.221. The highest BCUT2D eigenvalue weighted by atomic mass is 35.5. The molecule has 4 heteroatoms. The number of H-pyrrole nitrogens is 1. The summed E-state index contributed by atoms with van der Waals surface area (Å²) in [5.41, 5.74) is 4.52. The van der Waals surface area contributed by atoms with Gasteiger partial charge in [-0.2, -0.15) is 0 Å². The Kier molecular flexibility index (Phi) is 4.18. The lowest BCUT2D eigenvalue weighted by Gasteiger charge is -2.14. The summed E-state index contributed by atoms with van der Waals surface area (Å²) >= 11 is 6.32. The first-order valence-electron chi connectivity index (χ1n) is 8.07. The van der Waals surface area contributed by atoms with E-state index in [9.17, 15) is 5.11 Å². The van der Waals surface area contributed by atoms with Crippen LogP contribution in [0.15, 0.2) is 85.5 Å². The maximum atomic E-state index is 10.9. The lowest BCUT2D eigenvalue weighted by atomic mass is 9.96. The molecule has 4 aromatic rings. The minimum absolute atomic E-state index is 0.665. The molecule has 0 fully saturated rings. The first-order chi connectivity index (χ1) is 12.2. The van der Waals surface area contributed by atoms with E-state index in [0.717, 1.165) is 27.9 Å². The Morgan fingerprint density at radius 3 is 2.28 bits per heavy atom. The van der Waals surface area contributed by atoms with Gasteiger partial charge in [0.15, 0.2) is 0 Å². The van der Waals surface area contributed by atoms with E-state index in [1.165, 1.54) is 0 Å². The highest BCUT2D eigenvalue weighted by Gasteiger charge is 2.18. The number of hydrogen-bond acceptors (Lipinski definition) is 1. The van der Waals surface area contributed by atoms with Gasteiger partial charge < -0.3 is 14.7 Å². The van der Waals surface area contributed by atoms with Gasteiger partial charge in [0, 0.05) is 52.2 Å². The molecule has 1 unspecified atom stereocenters. The highest BCUT2D eigenvalue weighted by Crippen LogP contribution is 2.35.